The van der Waals surface area contributed by atoms with Crippen molar-refractivity contribution in [2.75, 3.05) is 0 Å². The molecule has 19 heavy (non-hydrogen) atoms. The molecular weight excluding hydrogens is 253 g/mol. The van der Waals surface area contributed by atoms with Crippen LogP contribution in [0.5, 0.6) is 0 Å². The van der Waals surface area contributed by atoms with Crippen LogP contribution < -0.4 is 5.32 Å². The summed E-state index contributed by atoms with van der Waals surface area (Å²) in [5, 5.41) is 3.57. The molecule has 3 rings (SSSR count). The van der Waals surface area contributed by atoms with E-state index < -0.39 is 11.7 Å². The molecule has 2 nitrogen and oxygen atoms in total. The average Bonchev–Trinajstić information content (AvgIpc) is 2.68. The van der Waals surface area contributed by atoms with Crippen molar-refractivity contribution in [3.63, 3.8) is 0 Å². The summed E-state index contributed by atoms with van der Waals surface area (Å²) in [4.78, 5) is 3.97. The second kappa shape index (κ2) is 4.78. The minimum atomic E-state index is -4.29. The summed E-state index contributed by atoms with van der Waals surface area (Å²) in [5.74, 6) is 0.558. The van der Waals surface area contributed by atoms with E-state index in [0.717, 1.165) is 37.2 Å². The molecule has 2 bridgehead atoms. The first kappa shape index (κ1) is 12.9. The van der Waals surface area contributed by atoms with Crippen molar-refractivity contribution >= 4 is 0 Å². The normalized spacial score (nSPS) is 30.6. The van der Waals surface area contributed by atoms with Gasteiger partial charge in [-0.3, -0.25) is 4.98 Å². The van der Waals surface area contributed by atoms with Crippen LogP contribution in [0.2, 0.25) is 0 Å². The fraction of sp³-hybridized carbons (Fsp3) is 0.643. The van der Waals surface area contributed by atoms with E-state index in [4.69, 9.17) is 0 Å². The summed E-state index contributed by atoms with van der Waals surface area (Å²) >= 11 is 0. The van der Waals surface area contributed by atoms with Crippen LogP contribution in [0.1, 0.15) is 36.9 Å². The number of hydrogen-bond donors (Lipinski definition) is 1. The summed E-state index contributed by atoms with van der Waals surface area (Å²) < 4.78 is 37.3. The van der Waals surface area contributed by atoms with Crippen molar-refractivity contribution in [1.29, 1.82) is 0 Å². The van der Waals surface area contributed by atoms with Crippen LogP contribution in [-0.2, 0) is 12.6 Å². The molecule has 1 aromatic rings. The molecule has 2 unspecified atom stereocenters. The Morgan fingerprint density at radius 2 is 1.84 bits per heavy atom. The molecule has 2 atom stereocenters. The third-order valence-electron chi connectivity index (χ3n) is 4.22. The molecule has 2 aliphatic heterocycles. The summed E-state index contributed by atoms with van der Waals surface area (Å²) in [6.45, 7) is 0. The number of fused-ring (bicyclic) bond motifs is 2. The lowest BCUT2D eigenvalue weighted by molar-refractivity contribution is -0.137. The van der Waals surface area contributed by atoms with Gasteiger partial charge in [-0.25, -0.2) is 0 Å². The van der Waals surface area contributed by atoms with Gasteiger partial charge in [-0.15, -0.1) is 0 Å². The molecule has 3 heterocycles. The van der Waals surface area contributed by atoms with Gasteiger partial charge in [-0.1, -0.05) is 0 Å². The Labute approximate surface area is 110 Å². The van der Waals surface area contributed by atoms with E-state index in [1.165, 1.54) is 18.9 Å². The van der Waals surface area contributed by atoms with Crippen molar-refractivity contribution < 1.29 is 13.2 Å². The highest BCUT2D eigenvalue weighted by Crippen LogP contribution is 2.33. The molecule has 0 amide bonds. The van der Waals surface area contributed by atoms with E-state index in [1.54, 1.807) is 0 Å². The number of alkyl halides is 3. The van der Waals surface area contributed by atoms with Gasteiger partial charge in [0.15, 0.2) is 0 Å². The Kier molecular flexibility index (Phi) is 3.25. The Hall–Kier alpha value is -1.10. The fourth-order valence-electron chi connectivity index (χ4n) is 3.35. The average molecular weight is 270 g/mol. The van der Waals surface area contributed by atoms with Gasteiger partial charge in [0.05, 0.1) is 5.56 Å². The minimum absolute atomic E-state index is 0.558. The lowest BCUT2D eigenvalue weighted by atomic mass is 9.88. The maximum absolute atomic E-state index is 12.4. The van der Waals surface area contributed by atoms with Gasteiger partial charge < -0.3 is 5.32 Å². The summed E-state index contributed by atoms with van der Waals surface area (Å²) in [5.41, 5.74) is 0.112. The van der Waals surface area contributed by atoms with Gasteiger partial charge in [0.2, 0.25) is 0 Å². The Morgan fingerprint density at radius 1 is 1.16 bits per heavy atom. The zero-order valence-electron chi connectivity index (χ0n) is 10.6. The van der Waals surface area contributed by atoms with Gasteiger partial charge in [0.1, 0.15) is 0 Å². The number of nitrogens with one attached hydrogen (secondary N) is 1. The van der Waals surface area contributed by atoms with Crippen LogP contribution in [0.25, 0.3) is 0 Å². The number of nitrogens with zero attached hydrogens (tertiary/aromatic N) is 1. The monoisotopic (exact) mass is 270 g/mol. The highest BCUT2D eigenvalue weighted by Gasteiger charge is 2.34. The first-order valence-corrected chi connectivity index (χ1v) is 6.79. The van der Waals surface area contributed by atoms with Crippen molar-refractivity contribution in [2.45, 2.75) is 50.4 Å². The number of aromatic nitrogens is 1. The van der Waals surface area contributed by atoms with Gasteiger partial charge in [-0.05, 0) is 50.2 Å². The maximum atomic E-state index is 12.4. The number of rotatable bonds is 2. The van der Waals surface area contributed by atoms with Crippen LogP contribution in [0.15, 0.2) is 18.3 Å². The van der Waals surface area contributed by atoms with E-state index in [9.17, 15) is 13.2 Å². The third kappa shape index (κ3) is 2.91. The molecule has 0 radical (unpaired) electrons. The Balaban J connectivity index is 1.64. The molecule has 0 aromatic carbocycles. The Bertz CT molecular complexity index is 429. The van der Waals surface area contributed by atoms with Crippen LogP contribution in [0, 0.1) is 5.92 Å². The van der Waals surface area contributed by atoms with Gasteiger partial charge in [-0.2, -0.15) is 13.2 Å². The van der Waals surface area contributed by atoms with E-state index >= 15 is 0 Å². The molecule has 2 saturated heterocycles. The predicted octanol–water partition coefficient (Wildman–Crippen LogP) is 3.17. The number of hydrogen-bond acceptors (Lipinski definition) is 2. The standard InChI is InChI=1S/C14H17F3N2/c15-14(16,17)10-1-2-11(18-8-10)5-9-6-12-3-4-13(7-9)19-12/h1-2,8-9,12-13,19H,3-7H2. The zero-order chi connectivity index (χ0) is 13.5. The SMILES string of the molecule is FC(F)(F)c1ccc(CC2CC3CCC(C2)N3)nc1. The number of halogens is 3. The summed E-state index contributed by atoms with van der Waals surface area (Å²) in [6, 6.07) is 3.88. The van der Waals surface area contributed by atoms with Crippen molar-refractivity contribution in [3.05, 3.63) is 29.6 Å². The molecule has 0 spiro atoms. The Morgan fingerprint density at radius 3 is 2.37 bits per heavy atom. The van der Waals surface area contributed by atoms with Gasteiger partial charge in [0, 0.05) is 24.0 Å². The second-order valence-electron chi connectivity index (χ2n) is 5.72. The highest BCUT2D eigenvalue weighted by atomic mass is 19.4. The summed E-state index contributed by atoms with van der Waals surface area (Å²) in [7, 11) is 0. The predicted molar refractivity (Wildman–Crippen MR) is 65.6 cm³/mol. The zero-order valence-corrected chi connectivity index (χ0v) is 10.6. The molecule has 1 aromatic heterocycles. The van der Waals surface area contributed by atoms with Crippen molar-refractivity contribution in [3.8, 4) is 0 Å². The fourth-order valence-corrected chi connectivity index (χ4v) is 3.35. The van der Waals surface area contributed by atoms with Crippen LogP contribution >= 0.6 is 0 Å². The maximum Gasteiger partial charge on any atom is 0.417 e. The largest absolute Gasteiger partial charge is 0.417 e. The lowest BCUT2D eigenvalue weighted by Gasteiger charge is -2.28. The molecule has 2 fully saturated rings. The lowest BCUT2D eigenvalue weighted by Crippen LogP contribution is -2.38. The quantitative estimate of drug-likeness (QED) is 0.892. The molecule has 0 aliphatic carbocycles. The first-order chi connectivity index (χ1) is 9.00. The molecule has 5 heteroatoms. The highest BCUT2D eigenvalue weighted by molar-refractivity contribution is 5.17. The van der Waals surface area contributed by atoms with Crippen LogP contribution in [-0.4, -0.2) is 17.1 Å². The third-order valence-corrected chi connectivity index (χ3v) is 4.22. The summed E-state index contributed by atoms with van der Waals surface area (Å²) in [6.07, 6.45) is 2.18. The number of pyridine rings is 1. The van der Waals surface area contributed by atoms with Gasteiger partial charge >= 0.3 is 6.18 Å². The second-order valence-corrected chi connectivity index (χ2v) is 5.72. The molecular formula is C14H17F3N2. The van der Waals surface area contributed by atoms with Crippen molar-refractivity contribution in [2.24, 2.45) is 5.92 Å². The molecule has 0 saturated carbocycles. The minimum Gasteiger partial charge on any atom is -0.311 e. The smallest absolute Gasteiger partial charge is 0.311 e. The van der Waals surface area contributed by atoms with E-state index in [2.05, 4.69) is 10.3 Å². The molecule has 104 valence electrons. The van der Waals surface area contributed by atoms with E-state index in [1.807, 2.05) is 0 Å². The van der Waals surface area contributed by atoms with E-state index in [0.29, 0.717) is 18.0 Å². The van der Waals surface area contributed by atoms with Crippen LogP contribution in [0.3, 0.4) is 0 Å². The molecule has 2 aliphatic rings. The topological polar surface area (TPSA) is 24.9 Å². The first-order valence-electron chi connectivity index (χ1n) is 6.79. The van der Waals surface area contributed by atoms with E-state index in [-0.39, 0.29) is 0 Å². The number of piperidine rings is 1. The van der Waals surface area contributed by atoms with Crippen molar-refractivity contribution in [1.82, 2.24) is 10.3 Å². The van der Waals surface area contributed by atoms with Crippen LogP contribution in [0.4, 0.5) is 13.2 Å². The molecule has 1 N–H and O–H groups in total. The van der Waals surface area contributed by atoms with Gasteiger partial charge in [0.25, 0.3) is 0 Å².